The smallest absolute Gasteiger partial charge is 0.227 e. The van der Waals surface area contributed by atoms with Gasteiger partial charge in [0.25, 0.3) is 0 Å². The summed E-state index contributed by atoms with van der Waals surface area (Å²) in [5.41, 5.74) is 3.48. The average Bonchev–Trinajstić information content (AvgIpc) is 3.30. The third-order valence-corrected chi connectivity index (χ3v) is 7.60. The number of nitrogens with one attached hydrogen (secondary N) is 1. The Morgan fingerprint density at radius 2 is 1.35 bits per heavy atom. The number of hydrogen-bond donors (Lipinski definition) is 1. The van der Waals surface area contributed by atoms with Crippen molar-refractivity contribution in [2.75, 3.05) is 5.32 Å². The molecule has 2 heterocycles. The highest BCUT2D eigenvalue weighted by molar-refractivity contribution is 5.94. The van der Waals surface area contributed by atoms with Crippen LogP contribution in [0.25, 0.3) is 5.52 Å². The van der Waals surface area contributed by atoms with E-state index in [4.69, 9.17) is 0 Å². The van der Waals surface area contributed by atoms with E-state index in [-0.39, 0.29) is 11.8 Å². The van der Waals surface area contributed by atoms with Crippen LogP contribution in [0.4, 0.5) is 5.69 Å². The van der Waals surface area contributed by atoms with Gasteiger partial charge >= 0.3 is 0 Å². The molecule has 2 saturated carbocycles. The highest BCUT2D eigenvalue weighted by atomic mass is 16.1. The molecular weight excluding hydrogens is 382 g/mol. The fourth-order valence-corrected chi connectivity index (χ4v) is 5.77. The van der Waals surface area contributed by atoms with Gasteiger partial charge in [0.2, 0.25) is 5.91 Å². The molecule has 0 aliphatic heterocycles. The zero-order valence-electron chi connectivity index (χ0n) is 19.3. The number of carbonyl (C=O) groups excluding carboxylic acids is 1. The minimum absolute atomic E-state index is 0.151. The normalized spacial score (nSPS) is 21.2. The van der Waals surface area contributed by atoms with Gasteiger partial charge in [0.05, 0.1) is 17.4 Å². The van der Waals surface area contributed by atoms with Crippen molar-refractivity contribution in [3.63, 3.8) is 0 Å². The van der Waals surface area contributed by atoms with Crippen LogP contribution in [0.2, 0.25) is 0 Å². The molecule has 0 bridgehead atoms. The minimum atomic E-state index is 0.151. The first-order chi connectivity index (χ1) is 15.3. The topological polar surface area (TPSA) is 46.4 Å². The van der Waals surface area contributed by atoms with Crippen LogP contribution >= 0.6 is 0 Å². The average molecular weight is 424 g/mol. The van der Waals surface area contributed by atoms with Crippen molar-refractivity contribution in [1.29, 1.82) is 0 Å². The van der Waals surface area contributed by atoms with E-state index in [1.165, 1.54) is 107 Å². The third kappa shape index (κ3) is 6.11. The van der Waals surface area contributed by atoms with E-state index >= 15 is 0 Å². The Hall–Kier alpha value is -1.84. The molecule has 1 amide bonds. The lowest BCUT2D eigenvalue weighted by atomic mass is 9.86. The Labute approximate surface area is 188 Å². The molecule has 0 saturated heterocycles. The predicted octanol–water partition coefficient (Wildman–Crippen LogP) is 7.63. The number of hydrogen-bond acceptors (Lipinski definition) is 2. The lowest BCUT2D eigenvalue weighted by Gasteiger charge is -2.24. The number of rotatable bonds is 3. The SMILES string of the molecule is O=C(Nc1cnn2cccc2c1C1CCCCCCCCC1)C1CCCCCCCC1. The van der Waals surface area contributed by atoms with Crippen molar-refractivity contribution in [2.45, 2.75) is 115 Å². The first-order valence-corrected chi connectivity index (χ1v) is 13.1. The van der Waals surface area contributed by atoms with Crippen LogP contribution in [0, 0.1) is 5.92 Å². The Balaban J connectivity index is 1.57. The largest absolute Gasteiger partial charge is 0.324 e. The molecule has 0 aromatic carbocycles. The lowest BCUT2D eigenvalue weighted by molar-refractivity contribution is -0.120. The van der Waals surface area contributed by atoms with Crippen molar-refractivity contribution in [3.05, 3.63) is 30.1 Å². The van der Waals surface area contributed by atoms with Gasteiger partial charge in [0.15, 0.2) is 0 Å². The molecule has 2 aromatic rings. The van der Waals surface area contributed by atoms with Crippen LogP contribution in [0.15, 0.2) is 24.5 Å². The van der Waals surface area contributed by atoms with Gasteiger partial charge in [-0.3, -0.25) is 4.79 Å². The van der Waals surface area contributed by atoms with Crippen LogP contribution in [0.3, 0.4) is 0 Å². The van der Waals surface area contributed by atoms with Gasteiger partial charge in [-0.15, -0.1) is 0 Å². The molecule has 0 radical (unpaired) electrons. The van der Waals surface area contributed by atoms with Crippen LogP contribution < -0.4 is 5.32 Å². The maximum atomic E-state index is 13.3. The molecule has 0 unspecified atom stereocenters. The molecule has 2 aliphatic carbocycles. The van der Waals surface area contributed by atoms with Crippen LogP contribution in [-0.4, -0.2) is 15.5 Å². The summed E-state index contributed by atoms with van der Waals surface area (Å²) in [4.78, 5) is 13.3. The second kappa shape index (κ2) is 11.7. The van der Waals surface area contributed by atoms with E-state index in [0.717, 1.165) is 18.5 Å². The van der Waals surface area contributed by atoms with Gasteiger partial charge in [0, 0.05) is 17.7 Å². The van der Waals surface area contributed by atoms with Crippen LogP contribution in [-0.2, 0) is 4.79 Å². The second-order valence-electron chi connectivity index (χ2n) is 9.94. The molecule has 2 aliphatic rings. The van der Waals surface area contributed by atoms with Gasteiger partial charge in [-0.25, -0.2) is 4.52 Å². The molecule has 4 rings (SSSR count). The van der Waals surface area contributed by atoms with Crippen molar-refractivity contribution in [3.8, 4) is 0 Å². The van der Waals surface area contributed by atoms with E-state index in [2.05, 4.69) is 22.5 Å². The quantitative estimate of drug-likeness (QED) is 0.551. The molecule has 0 spiro atoms. The molecule has 31 heavy (non-hydrogen) atoms. The second-order valence-corrected chi connectivity index (χ2v) is 9.94. The zero-order chi connectivity index (χ0) is 21.3. The Bertz CT molecular complexity index is 807. The van der Waals surface area contributed by atoms with Crippen LogP contribution in [0.5, 0.6) is 0 Å². The fourth-order valence-electron chi connectivity index (χ4n) is 5.77. The van der Waals surface area contributed by atoms with Crippen molar-refractivity contribution in [2.24, 2.45) is 5.92 Å². The van der Waals surface area contributed by atoms with Crippen molar-refractivity contribution >= 4 is 17.1 Å². The summed E-state index contributed by atoms with van der Waals surface area (Å²) in [5.74, 6) is 0.882. The van der Waals surface area contributed by atoms with E-state index in [1.54, 1.807) is 0 Å². The Morgan fingerprint density at radius 3 is 1.97 bits per heavy atom. The van der Waals surface area contributed by atoms with Gasteiger partial charge in [-0.2, -0.15) is 5.10 Å². The van der Waals surface area contributed by atoms with Crippen molar-refractivity contribution < 1.29 is 4.79 Å². The van der Waals surface area contributed by atoms with E-state index in [1.807, 2.05) is 16.9 Å². The molecule has 2 fully saturated rings. The molecule has 2 aromatic heterocycles. The molecule has 4 heteroatoms. The third-order valence-electron chi connectivity index (χ3n) is 7.60. The number of amides is 1. The summed E-state index contributed by atoms with van der Waals surface area (Å²) < 4.78 is 1.99. The summed E-state index contributed by atoms with van der Waals surface area (Å²) in [7, 11) is 0. The summed E-state index contributed by atoms with van der Waals surface area (Å²) in [5, 5.41) is 8.00. The number of aromatic nitrogens is 2. The highest BCUT2D eigenvalue weighted by Gasteiger charge is 2.24. The summed E-state index contributed by atoms with van der Waals surface area (Å²) >= 11 is 0. The Kier molecular flexibility index (Phi) is 8.43. The maximum Gasteiger partial charge on any atom is 0.227 e. The summed E-state index contributed by atoms with van der Waals surface area (Å²) in [6.45, 7) is 0. The zero-order valence-corrected chi connectivity index (χ0v) is 19.3. The number of carbonyl (C=O) groups is 1. The molecule has 1 N–H and O–H groups in total. The summed E-state index contributed by atoms with van der Waals surface area (Å²) in [6.07, 6.45) is 25.4. The fraction of sp³-hybridized carbons (Fsp3) is 0.704. The molecule has 0 atom stereocenters. The molecular formula is C27H41N3O. The van der Waals surface area contributed by atoms with E-state index in [9.17, 15) is 4.79 Å². The van der Waals surface area contributed by atoms with Gasteiger partial charge in [0.1, 0.15) is 0 Å². The number of nitrogens with zero attached hydrogens (tertiary/aromatic N) is 2. The monoisotopic (exact) mass is 423 g/mol. The minimum Gasteiger partial charge on any atom is -0.324 e. The maximum absolute atomic E-state index is 13.3. The first-order valence-electron chi connectivity index (χ1n) is 13.1. The standard InChI is InChI=1S/C27H41N3O/c31-27(23-17-12-8-4-5-9-13-18-23)29-24-21-28-30-20-14-19-25(30)26(24)22-15-10-6-2-1-3-7-11-16-22/h14,19-23H,1-13,15-18H2,(H,29,31). The molecule has 170 valence electrons. The highest BCUT2D eigenvalue weighted by Crippen LogP contribution is 2.37. The predicted molar refractivity (Wildman–Crippen MR) is 129 cm³/mol. The number of fused-ring (bicyclic) bond motifs is 1. The van der Waals surface area contributed by atoms with E-state index < -0.39 is 0 Å². The Morgan fingerprint density at radius 1 is 0.806 bits per heavy atom. The van der Waals surface area contributed by atoms with E-state index in [0.29, 0.717) is 5.92 Å². The van der Waals surface area contributed by atoms with Gasteiger partial charge in [-0.05, 0) is 43.7 Å². The molecule has 4 nitrogen and oxygen atoms in total. The van der Waals surface area contributed by atoms with Crippen LogP contribution in [0.1, 0.15) is 121 Å². The lowest BCUT2D eigenvalue weighted by Crippen LogP contribution is -2.24. The van der Waals surface area contributed by atoms with Gasteiger partial charge < -0.3 is 5.32 Å². The number of anilines is 1. The first kappa shape index (κ1) is 22.4. The van der Waals surface area contributed by atoms with Gasteiger partial charge in [-0.1, -0.05) is 83.5 Å². The summed E-state index contributed by atoms with van der Waals surface area (Å²) in [6, 6.07) is 4.26. The van der Waals surface area contributed by atoms with Crippen molar-refractivity contribution in [1.82, 2.24) is 9.61 Å².